The highest BCUT2D eigenvalue weighted by molar-refractivity contribution is 5.23. The molecular weight excluding hydrogens is 416 g/mol. The second-order valence-electron chi connectivity index (χ2n) is 8.18. The van der Waals surface area contributed by atoms with Gasteiger partial charge in [0.05, 0.1) is 26.4 Å². The monoisotopic (exact) mass is 446 g/mol. The Morgan fingerprint density at radius 2 is 1.06 bits per heavy atom. The van der Waals surface area contributed by atoms with E-state index in [9.17, 15) is 10.2 Å². The molecule has 5 nitrogen and oxygen atoms in total. The molecule has 1 aliphatic rings. The van der Waals surface area contributed by atoms with Gasteiger partial charge in [0.15, 0.2) is 0 Å². The van der Waals surface area contributed by atoms with Crippen LogP contribution in [-0.2, 0) is 34.0 Å². The van der Waals surface area contributed by atoms with Crippen LogP contribution < -0.4 is 0 Å². The van der Waals surface area contributed by atoms with Crippen LogP contribution in [0.2, 0.25) is 0 Å². The molecule has 0 unspecified atom stereocenters. The van der Waals surface area contributed by atoms with Gasteiger partial charge in [-0.3, -0.25) is 0 Å². The van der Waals surface area contributed by atoms with Gasteiger partial charge in [0.1, 0.15) is 24.4 Å². The Labute approximate surface area is 194 Å². The van der Waals surface area contributed by atoms with Crippen molar-refractivity contribution < 1.29 is 24.4 Å². The third-order valence-electron chi connectivity index (χ3n) is 5.67. The summed E-state index contributed by atoms with van der Waals surface area (Å²) >= 11 is 0. The molecule has 4 atom stereocenters. The van der Waals surface area contributed by atoms with Crippen molar-refractivity contribution in [2.75, 3.05) is 6.61 Å². The summed E-state index contributed by atoms with van der Waals surface area (Å²) in [6, 6.07) is 29.5. The molecule has 0 amide bonds. The first-order valence-corrected chi connectivity index (χ1v) is 11.2. The Hall–Kier alpha value is -2.80. The van der Waals surface area contributed by atoms with E-state index in [0.717, 1.165) is 22.3 Å². The maximum Gasteiger partial charge on any atom is 0.117 e. The van der Waals surface area contributed by atoms with E-state index in [1.165, 1.54) is 0 Å². The summed E-state index contributed by atoms with van der Waals surface area (Å²) in [4.78, 5) is 0. The number of aliphatic hydroxyl groups excluding tert-OH is 2. The second-order valence-corrected chi connectivity index (χ2v) is 8.18. The summed E-state index contributed by atoms with van der Waals surface area (Å²) in [5.41, 5.74) is 3.83. The van der Waals surface area contributed by atoms with Crippen molar-refractivity contribution in [1.82, 2.24) is 0 Å². The van der Waals surface area contributed by atoms with E-state index in [4.69, 9.17) is 14.2 Å². The highest BCUT2D eigenvalue weighted by Crippen LogP contribution is 2.28. The van der Waals surface area contributed by atoms with Crippen LogP contribution in [0.3, 0.4) is 0 Å². The van der Waals surface area contributed by atoms with Crippen LogP contribution in [0.4, 0.5) is 0 Å². The Balaban J connectivity index is 1.48. The molecule has 5 heteroatoms. The van der Waals surface area contributed by atoms with E-state index in [0.29, 0.717) is 19.8 Å². The molecule has 4 rings (SSSR count). The van der Waals surface area contributed by atoms with E-state index in [1.54, 1.807) is 6.08 Å². The van der Waals surface area contributed by atoms with E-state index < -0.39 is 24.4 Å². The van der Waals surface area contributed by atoms with Crippen LogP contribution in [0.25, 0.3) is 0 Å². The summed E-state index contributed by atoms with van der Waals surface area (Å²) in [7, 11) is 0. The Kier molecular flexibility index (Phi) is 8.41. The predicted molar refractivity (Wildman–Crippen MR) is 126 cm³/mol. The number of hydrogen-bond donors (Lipinski definition) is 2. The molecule has 0 saturated heterocycles. The lowest BCUT2D eigenvalue weighted by molar-refractivity contribution is -0.150. The van der Waals surface area contributed by atoms with Crippen molar-refractivity contribution >= 4 is 0 Å². The zero-order valence-electron chi connectivity index (χ0n) is 18.5. The summed E-state index contributed by atoms with van der Waals surface area (Å²) in [5, 5.41) is 21.3. The maximum atomic E-state index is 10.8. The smallest absolute Gasteiger partial charge is 0.117 e. The number of hydrogen-bond acceptors (Lipinski definition) is 5. The van der Waals surface area contributed by atoms with Crippen molar-refractivity contribution in [3.63, 3.8) is 0 Å². The molecule has 172 valence electrons. The minimum atomic E-state index is -1.10. The van der Waals surface area contributed by atoms with Crippen molar-refractivity contribution in [2.24, 2.45) is 0 Å². The zero-order valence-corrected chi connectivity index (χ0v) is 18.5. The molecule has 2 N–H and O–H groups in total. The molecule has 0 radical (unpaired) electrons. The van der Waals surface area contributed by atoms with Crippen LogP contribution >= 0.6 is 0 Å². The minimum Gasteiger partial charge on any atom is -0.387 e. The van der Waals surface area contributed by atoms with Crippen LogP contribution in [0.5, 0.6) is 0 Å². The standard InChI is InChI=1S/C28H30O5/c29-25-16-24(20-31-17-21-10-4-1-5-11-21)27(32-18-22-12-6-2-7-13-22)28(26(25)30)33-19-23-14-8-3-9-15-23/h1-16,25-30H,17-20H2/t25-,26-,27-,28-/m1/s1. The van der Waals surface area contributed by atoms with Gasteiger partial charge in [-0.2, -0.15) is 0 Å². The van der Waals surface area contributed by atoms with Gasteiger partial charge in [-0.25, -0.2) is 0 Å². The van der Waals surface area contributed by atoms with Crippen molar-refractivity contribution in [3.05, 3.63) is 119 Å². The van der Waals surface area contributed by atoms with Gasteiger partial charge in [-0.15, -0.1) is 0 Å². The Bertz CT molecular complexity index is 991. The first-order chi connectivity index (χ1) is 16.2. The third-order valence-corrected chi connectivity index (χ3v) is 5.67. The minimum absolute atomic E-state index is 0.267. The molecule has 0 spiro atoms. The molecule has 33 heavy (non-hydrogen) atoms. The van der Waals surface area contributed by atoms with Gasteiger partial charge < -0.3 is 24.4 Å². The fourth-order valence-corrected chi connectivity index (χ4v) is 3.90. The van der Waals surface area contributed by atoms with E-state index >= 15 is 0 Å². The van der Waals surface area contributed by atoms with Crippen molar-refractivity contribution in [3.8, 4) is 0 Å². The topological polar surface area (TPSA) is 68.2 Å². The van der Waals surface area contributed by atoms with E-state index in [1.807, 2.05) is 91.0 Å². The number of rotatable bonds is 10. The average Bonchev–Trinajstić information content (AvgIpc) is 2.86. The Morgan fingerprint density at radius 3 is 1.61 bits per heavy atom. The molecule has 3 aromatic rings. The first kappa shape index (κ1) is 23.4. The largest absolute Gasteiger partial charge is 0.387 e. The SMILES string of the molecule is O[C@H]1[C@@H](OCc2ccccc2)[C@H](OCc2ccccc2)C(COCc2ccccc2)=C[C@H]1O. The summed E-state index contributed by atoms with van der Waals surface area (Å²) in [6.45, 7) is 1.37. The molecule has 3 aromatic carbocycles. The van der Waals surface area contributed by atoms with Crippen LogP contribution in [-0.4, -0.2) is 41.2 Å². The van der Waals surface area contributed by atoms with Crippen molar-refractivity contribution in [1.29, 1.82) is 0 Å². The molecule has 1 aliphatic carbocycles. The molecular formula is C28H30O5. The Morgan fingerprint density at radius 1 is 0.576 bits per heavy atom. The van der Waals surface area contributed by atoms with Crippen molar-refractivity contribution in [2.45, 2.75) is 44.2 Å². The highest BCUT2D eigenvalue weighted by atomic mass is 16.6. The van der Waals surface area contributed by atoms with Gasteiger partial charge in [-0.05, 0) is 28.3 Å². The zero-order chi connectivity index (χ0) is 22.9. The van der Waals surface area contributed by atoms with Crippen LogP contribution in [0.15, 0.2) is 103 Å². The quantitative estimate of drug-likeness (QED) is 0.460. The average molecular weight is 447 g/mol. The lowest BCUT2D eigenvalue weighted by atomic mass is 9.89. The molecule has 0 aliphatic heterocycles. The number of ether oxygens (including phenoxy) is 3. The first-order valence-electron chi connectivity index (χ1n) is 11.2. The summed E-state index contributed by atoms with van der Waals surface area (Å²) in [5.74, 6) is 0. The second kappa shape index (κ2) is 11.9. The summed E-state index contributed by atoms with van der Waals surface area (Å²) < 4.78 is 18.3. The van der Waals surface area contributed by atoms with Gasteiger partial charge in [0.25, 0.3) is 0 Å². The lowest BCUT2D eigenvalue weighted by Crippen LogP contribution is -2.51. The predicted octanol–water partition coefficient (Wildman–Crippen LogP) is 4.04. The highest BCUT2D eigenvalue weighted by Gasteiger charge is 2.40. The molecule has 0 fully saturated rings. The van der Waals surface area contributed by atoms with E-state index in [2.05, 4.69) is 0 Å². The van der Waals surface area contributed by atoms with Gasteiger partial charge in [-0.1, -0.05) is 91.0 Å². The molecule has 0 bridgehead atoms. The van der Waals surface area contributed by atoms with E-state index in [-0.39, 0.29) is 6.61 Å². The van der Waals surface area contributed by atoms with Gasteiger partial charge in [0.2, 0.25) is 0 Å². The maximum absolute atomic E-state index is 10.8. The number of benzene rings is 3. The summed E-state index contributed by atoms with van der Waals surface area (Å²) in [6.07, 6.45) is -1.81. The van der Waals surface area contributed by atoms with Crippen LogP contribution in [0, 0.1) is 0 Å². The fourth-order valence-electron chi connectivity index (χ4n) is 3.90. The molecule has 0 aromatic heterocycles. The van der Waals surface area contributed by atoms with Gasteiger partial charge in [0, 0.05) is 0 Å². The number of aliphatic hydroxyl groups is 2. The third kappa shape index (κ3) is 6.60. The van der Waals surface area contributed by atoms with Crippen LogP contribution in [0.1, 0.15) is 16.7 Å². The fraction of sp³-hybridized carbons (Fsp3) is 0.286. The lowest BCUT2D eigenvalue weighted by Gasteiger charge is -2.38. The molecule has 0 saturated carbocycles. The normalized spacial score (nSPS) is 22.7. The van der Waals surface area contributed by atoms with Gasteiger partial charge >= 0.3 is 0 Å². The molecule has 0 heterocycles.